The molecule has 1 amide bonds. The molecule has 0 radical (unpaired) electrons. The van der Waals surface area contributed by atoms with E-state index in [0.29, 0.717) is 5.13 Å². The van der Waals surface area contributed by atoms with Crippen LogP contribution in [0.1, 0.15) is 27.1 Å². The molecule has 74 valence electrons. The predicted molar refractivity (Wildman–Crippen MR) is 57.0 cm³/mol. The molecule has 0 saturated carbocycles. The van der Waals surface area contributed by atoms with Gasteiger partial charge in [-0.1, -0.05) is 20.8 Å². The number of rotatable bonds is 1. The highest BCUT2D eigenvalue weighted by molar-refractivity contribution is 7.15. The lowest BCUT2D eigenvalue weighted by Crippen LogP contribution is -2.27. The molecule has 0 aromatic carbocycles. The van der Waals surface area contributed by atoms with Gasteiger partial charge in [-0.2, -0.15) is 0 Å². The highest BCUT2D eigenvalue weighted by Gasteiger charge is 2.21. The summed E-state index contributed by atoms with van der Waals surface area (Å²) in [6, 6.07) is 0. The first-order chi connectivity index (χ1) is 5.89. The van der Waals surface area contributed by atoms with Crippen LogP contribution in [0.25, 0.3) is 0 Å². The molecular weight excluding hydrogens is 184 g/mol. The van der Waals surface area contributed by atoms with E-state index in [0.717, 1.165) is 4.88 Å². The first kappa shape index (κ1) is 10.2. The molecule has 0 fully saturated rings. The Kier molecular flexibility index (Phi) is 2.71. The molecule has 1 rings (SSSR count). The van der Waals surface area contributed by atoms with Crippen molar-refractivity contribution in [3.05, 3.63) is 11.1 Å². The molecule has 4 heteroatoms. The molecule has 1 aromatic heterocycles. The second kappa shape index (κ2) is 3.46. The Morgan fingerprint density at radius 1 is 1.62 bits per heavy atom. The van der Waals surface area contributed by atoms with Crippen molar-refractivity contribution in [2.24, 2.45) is 5.41 Å². The fourth-order valence-corrected chi connectivity index (χ4v) is 1.36. The molecule has 0 aliphatic heterocycles. The van der Waals surface area contributed by atoms with Crippen molar-refractivity contribution < 1.29 is 6.22 Å². The number of aryl methyl sites for hydroxylation is 1. The van der Waals surface area contributed by atoms with Gasteiger partial charge in [0.1, 0.15) is 0 Å². The van der Waals surface area contributed by atoms with Crippen molar-refractivity contribution in [1.82, 2.24) is 4.98 Å². The summed E-state index contributed by atoms with van der Waals surface area (Å²) in [6.45, 7) is 7.60. The van der Waals surface area contributed by atoms with Crippen LogP contribution >= 0.6 is 11.3 Å². The van der Waals surface area contributed by atoms with Gasteiger partial charge in [0.25, 0.3) is 0 Å². The second-order valence-corrected chi connectivity index (χ2v) is 5.21. The molecule has 0 aliphatic carbocycles. The first-order valence-corrected chi connectivity index (χ1v) is 4.95. The topological polar surface area (TPSA) is 42.0 Å². The molecule has 0 spiro atoms. The Hall–Kier alpha value is -0.900. The number of thiazole rings is 1. The number of nitrogens with zero attached hydrogens (tertiary/aromatic N) is 1. The zero-order chi connectivity index (χ0) is 10.1. The third-order valence-corrected chi connectivity index (χ3v) is 2.35. The molecule has 0 atom stereocenters. The van der Waals surface area contributed by atoms with Crippen LogP contribution in [-0.2, 0) is 4.79 Å². The highest BCUT2D eigenvalue weighted by atomic mass is 32.1. The summed E-state index contributed by atoms with van der Waals surface area (Å²) in [6.07, 6.45) is 1.75. The fourth-order valence-electron chi connectivity index (χ4n) is 0.697. The number of anilines is 1. The molecular formula is C9H16N2OS. The number of hydrogen-bond acceptors (Lipinski definition) is 3. The molecule has 0 unspecified atom stereocenters. The van der Waals surface area contributed by atoms with Crippen LogP contribution in [0.2, 0.25) is 0 Å². The Morgan fingerprint density at radius 3 is 2.62 bits per heavy atom. The number of hydrogen-bond donors (Lipinski definition) is 1. The van der Waals surface area contributed by atoms with Gasteiger partial charge in [0.15, 0.2) is 5.13 Å². The van der Waals surface area contributed by atoms with Crippen molar-refractivity contribution in [2.75, 3.05) is 5.32 Å². The van der Waals surface area contributed by atoms with Crippen LogP contribution in [0.3, 0.4) is 0 Å². The van der Waals surface area contributed by atoms with Gasteiger partial charge in [-0.15, -0.1) is 11.3 Å². The summed E-state index contributed by atoms with van der Waals surface area (Å²) in [5, 5.41) is 3.45. The molecule has 1 N–H and O–H groups in total. The molecule has 1 heterocycles. The van der Waals surface area contributed by atoms with Crippen LogP contribution in [-0.4, -0.2) is 10.9 Å². The Balaban J connectivity index is 0.00000169. The van der Waals surface area contributed by atoms with E-state index >= 15 is 0 Å². The van der Waals surface area contributed by atoms with E-state index < -0.39 is 0 Å². The van der Waals surface area contributed by atoms with Gasteiger partial charge in [-0.05, 0) is 6.92 Å². The lowest BCUT2D eigenvalue weighted by Gasteiger charge is -2.15. The van der Waals surface area contributed by atoms with Crippen molar-refractivity contribution in [1.29, 1.82) is 0 Å². The van der Waals surface area contributed by atoms with E-state index in [1.807, 2.05) is 27.7 Å². The Labute approximate surface area is 83.7 Å². The number of amides is 1. The van der Waals surface area contributed by atoms with Crippen LogP contribution in [0, 0.1) is 12.3 Å². The molecule has 3 nitrogen and oxygen atoms in total. The van der Waals surface area contributed by atoms with Crippen molar-refractivity contribution in [2.45, 2.75) is 27.7 Å². The summed E-state index contributed by atoms with van der Waals surface area (Å²) >= 11 is 1.49. The van der Waals surface area contributed by atoms with E-state index in [1.165, 1.54) is 11.3 Å². The molecule has 0 aliphatic rings. The molecule has 0 bridgehead atoms. The van der Waals surface area contributed by atoms with Crippen molar-refractivity contribution in [3.63, 3.8) is 0 Å². The normalized spacial score (nSPS) is 11.4. The number of aromatic nitrogens is 1. The minimum absolute atomic E-state index is 0. The van der Waals surface area contributed by atoms with Crippen LogP contribution in [0.15, 0.2) is 6.20 Å². The maximum absolute atomic E-state index is 11.5. The largest absolute Gasteiger partial charge is 0.302 e. The zero-order valence-electron chi connectivity index (χ0n) is 8.34. The summed E-state index contributed by atoms with van der Waals surface area (Å²) in [4.78, 5) is 16.7. The SMILES string of the molecule is Cc1cnc(NC(=O)C(C)(C)C)s1.[HH]. The summed E-state index contributed by atoms with van der Waals surface area (Å²) < 4.78 is 0. The van der Waals surface area contributed by atoms with Crippen molar-refractivity contribution >= 4 is 22.4 Å². The fraction of sp³-hybridized carbons (Fsp3) is 0.556. The molecule has 0 saturated heterocycles. The second-order valence-electron chi connectivity index (χ2n) is 3.98. The standard InChI is InChI=1S/C9H14N2OS.H2/c1-6-5-10-8(13-6)11-7(12)9(2,3)4;/h5H,1-4H3,(H,10,11,12);1H. The van der Waals surface area contributed by atoms with Crippen LogP contribution in [0.4, 0.5) is 5.13 Å². The van der Waals surface area contributed by atoms with E-state index in [1.54, 1.807) is 6.20 Å². The van der Waals surface area contributed by atoms with Gasteiger partial charge in [0, 0.05) is 17.9 Å². The summed E-state index contributed by atoms with van der Waals surface area (Å²) in [5.41, 5.74) is -0.362. The van der Waals surface area contributed by atoms with E-state index in [9.17, 15) is 4.79 Å². The minimum Gasteiger partial charge on any atom is -0.302 e. The average molecular weight is 200 g/mol. The summed E-state index contributed by atoms with van der Waals surface area (Å²) in [7, 11) is 0. The van der Waals surface area contributed by atoms with E-state index in [2.05, 4.69) is 10.3 Å². The van der Waals surface area contributed by atoms with Gasteiger partial charge >= 0.3 is 0 Å². The number of carbonyl (C=O) groups is 1. The van der Waals surface area contributed by atoms with Crippen LogP contribution in [0.5, 0.6) is 0 Å². The lowest BCUT2D eigenvalue weighted by molar-refractivity contribution is -0.123. The minimum atomic E-state index is -0.362. The Bertz CT molecular complexity index is 317. The average Bonchev–Trinajstić information content (AvgIpc) is 2.33. The maximum Gasteiger partial charge on any atom is 0.231 e. The predicted octanol–water partition coefficient (Wildman–Crippen LogP) is 2.68. The van der Waals surface area contributed by atoms with Gasteiger partial charge in [0.2, 0.25) is 5.91 Å². The molecule has 1 aromatic rings. The van der Waals surface area contributed by atoms with Gasteiger partial charge < -0.3 is 5.32 Å². The van der Waals surface area contributed by atoms with Gasteiger partial charge in [-0.3, -0.25) is 4.79 Å². The first-order valence-electron chi connectivity index (χ1n) is 4.13. The monoisotopic (exact) mass is 200 g/mol. The molecule has 13 heavy (non-hydrogen) atoms. The maximum atomic E-state index is 11.5. The van der Waals surface area contributed by atoms with E-state index in [-0.39, 0.29) is 12.7 Å². The highest BCUT2D eigenvalue weighted by Crippen LogP contribution is 2.20. The summed E-state index contributed by atoms with van der Waals surface area (Å²) in [5.74, 6) is 0.00171. The van der Waals surface area contributed by atoms with E-state index in [4.69, 9.17) is 0 Å². The van der Waals surface area contributed by atoms with Gasteiger partial charge in [-0.25, -0.2) is 4.98 Å². The Morgan fingerprint density at radius 2 is 2.23 bits per heavy atom. The number of carbonyl (C=O) groups excluding carboxylic acids is 1. The quantitative estimate of drug-likeness (QED) is 0.757. The smallest absolute Gasteiger partial charge is 0.231 e. The van der Waals surface area contributed by atoms with Crippen LogP contribution < -0.4 is 5.32 Å². The third kappa shape index (κ3) is 2.81. The third-order valence-electron chi connectivity index (χ3n) is 1.52. The van der Waals surface area contributed by atoms with Gasteiger partial charge in [0.05, 0.1) is 0 Å². The van der Waals surface area contributed by atoms with Crippen molar-refractivity contribution in [3.8, 4) is 0 Å². The zero-order valence-corrected chi connectivity index (χ0v) is 9.16. The lowest BCUT2D eigenvalue weighted by atomic mass is 9.96. The number of nitrogens with one attached hydrogen (secondary N) is 1.